The Morgan fingerprint density at radius 2 is 2.38 bits per heavy atom. The van der Waals surface area contributed by atoms with Gasteiger partial charge in [-0.2, -0.15) is 0 Å². The number of hydrogen-bond acceptors (Lipinski definition) is 1. The van der Waals surface area contributed by atoms with Gasteiger partial charge < -0.3 is 5.11 Å². The first-order valence-electron chi connectivity index (χ1n) is 3.14. The average Bonchev–Trinajstić information content (AvgIpc) is 1.64. The minimum Gasteiger partial charge on any atom is -0.389 e. The minimum absolute atomic E-state index is 0.168. The van der Waals surface area contributed by atoms with Gasteiger partial charge in [-0.25, -0.2) is 0 Å². The molecular weight excluding hydrogens is 100 g/mol. The molecule has 0 radical (unpaired) electrons. The summed E-state index contributed by atoms with van der Waals surface area (Å²) in [5.41, 5.74) is 0. The van der Waals surface area contributed by atoms with Crippen LogP contribution in [0.3, 0.4) is 0 Å². The monoisotopic (exact) mass is 112 g/mol. The molecule has 1 nitrogen and oxygen atoms in total. The fraction of sp³-hybridized carbons (Fsp3) is 0.714. The molecule has 8 heavy (non-hydrogen) atoms. The zero-order valence-corrected chi connectivity index (χ0v) is 5.17. The molecule has 0 aromatic rings. The van der Waals surface area contributed by atoms with Crippen LogP contribution >= 0.6 is 0 Å². The van der Waals surface area contributed by atoms with Gasteiger partial charge in [-0.15, -0.1) is 0 Å². The van der Waals surface area contributed by atoms with E-state index in [-0.39, 0.29) is 6.10 Å². The smallest absolute Gasteiger partial charge is 0.0723 e. The second-order valence-electron chi connectivity index (χ2n) is 2.57. The predicted octanol–water partition coefficient (Wildman–Crippen LogP) is 1.33. The summed E-state index contributed by atoms with van der Waals surface area (Å²) in [6.45, 7) is 2.16. The van der Waals surface area contributed by atoms with Gasteiger partial charge in [0, 0.05) is 0 Å². The van der Waals surface area contributed by atoms with E-state index in [1.54, 1.807) is 0 Å². The normalized spacial score (nSPS) is 37.8. The zero-order chi connectivity index (χ0) is 5.98. The first kappa shape index (κ1) is 5.83. The highest BCUT2D eigenvalue weighted by Gasteiger charge is 2.09. The molecule has 0 aromatic carbocycles. The Hall–Kier alpha value is -0.300. The van der Waals surface area contributed by atoms with Gasteiger partial charge in [0.1, 0.15) is 0 Å². The van der Waals surface area contributed by atoms with Crippen LogP contribution in [0.2, 0.25) is 0 Å². The fourth-order valence-corrected chi connectivity index (χ4v) is 1.06. The lowest BCUT2D eigenvalue weighted by Crippen LogP contribution is -2.11. The number of allylic oxidation sites excluding steroid dienone is 1. The SMILES string of the molecule is CC1CC=CC(O)C1. The molecule has 2 unspecified atom stereocenters. The zero-order valence-electron chi connectivity index (χ0n) is 5.17. The molecule has 1 heteroatoms. The van der Waals surface area contributed by atoms with Crippen LogP contribution in [0.4, 0.5) is 0 Å². The molecule has 0 aromatic heterocycles. The second-order valence-corrected chi connectivity index (χ2v) is 2.57. The van der Waals surface area contributed by atoms with Crippen molar-refractivity contribution in [1.82, 2.24) is 0 Å². The highest BCUT2D eigenvalue weighted by molar-refractivity contribution is 4.95. The summed E-state index contributed by atoms with van der Waals surface area (Å²) in [6, 6.07) is 0. The number of aliphatic hydroxyl groups is 1. The van der Waals surface area contributed by atoms with Crippen molar-refractivity contribution in [2.24, 2.45) is 5.92 Å². The summed E-state index contributed by atoms with van der Waals surface area (Å²) in [5, 5.41) is 8.99. The van der Waals surface area contributed by atoms with E-state index in [2.05, 4.69) is 13.0 Å². The highest BCUT2D eigenvalue weighted by atomic mass is 16.3. The van der Waals surface area contributed by atoms with Gasteiger partial charge in [0.25, 0.3) is 0 Å². The first-order chi connectivity index (χ1) is 3.79. The van der Waals surface area contributed by atoms with Gasteiger partial charge in [0.2, 0.25) is 0 Å². The standard InChI is InChI=1S/C7H12O/c1-6-3-2-4-7(8)5-6/h2,4,6-8H,3,5H2,1H3. The maximum Gasteiger partial charge on any atom is 0.0723 e. The fourth-order valence-electron chi connectivity index (χ4n) is 1.06. The molecule has 1 aliphatic rings. The summed E-state index contributed by atoms with van der Waals surface area (Å²) in [6.07, 6.45) is 5.84. The van der Waals surface area contributed by atoms with Crippen LogP contribution in [0.15, 0.2) is 12.2 Å². The Kier molecular flexibility index (Phi) is 1.69. The molecule has 0 heterocycles. The van der Waals surface area contributed by atoms with Gasteiger partial charge in [-0.3, -0.25) is 0 Å². The third kappa shape index (κ3) is 1.34. The quantitative estimate of drug-likeness (QED) is 0.469. The summed E-state index contributed by atoms with van der Waals surface area (Å²) in [4.78, 5) is 0. The lowest BCUT2D eigenvalue weighted by molar-refractivity contribution is 0.183. The molecule has 0 fully saturated rings. The minimum atomic E-state index is -0.168. The van der Waals surface area contributed by atoms with E-state index in [1.807, 2.05) is 6.08 Å². The van der Waals surface area contributed by atoms with Crippen LogP contribution in [0.25, 0.3) is 0 Å². The Morgan fingerprint density at radius 3 is 2.75 bits per heavy atom. The molecular formula is C7H12O. The summed E-state index contributed by atoms with van der Waals surface area (Å²) in [7, 11) is 0. The van der Waals surface area contributed by atoms with Gasteiger partial charge in [-0.05, 0) is 18.8 Å². The van der Waals surface area contributed by atoms with E-state index in [0.29, 0.717) is 5.92 Å². The van der Waals surface area contributed by atoms with Crippen LogP contribution in [0.5, 0.6) is 0 Å². The average molecular weight is 112 g/mol. The van der Waals surface area contributed by atoms with Crippen LogP contribution in [-0.4, -0.2) is 11.2 Å². The molecule has 0 saturated carbocycles. The van der Waals surface area contributed by atoms with Crippen molar-refractivity contribution in [2.75, 3.05) is 0 Å². The van der Waals surface area contributed by atoms with Gasteiger partial charge >= 0.3 is 0 Å². The second kappa shape index (κ2) is 2.31. The van der Waals surface area contributed by atoms with Crippen LogP contribution < -0.4 is 0 Å². The number of rotatable bonds is 0. The molecule has 46 valence electrons. The van der Waals surface area contributed by atoms with Crippen molar-refractivity contribution in [1.29, 1.82) is 0 Å². The maximum atomic E-state index is 8.99. The van der Waals surface area contributed by atoms with Gasteiger partial charge in [0.05, 0.1) is 6.10 Å². The molecule has 0 aliphatic heterocycles. The molecule has 0 amide bonds. The topological polar surface area (TPSA) is 20.2 Å². The van der Waals surface area contributed by atoms with Crippen LogP contribution in [-0.2, 0) is 0 Å². The Bertz CT molecular complexity index is 96.6. The highest BCUT2D eigenvalue weighted by Crippen LogP contribution is 2.16. The Balaban J connectivity index is 2.42. The largest absolute Gasteiger partial charge is 0.389 e. The number of hydrogen-bond donors (Lipinski definition) is 1. The van der Waals surface area contributed by atoms with Crippen molar-refractivity contribution < 1.29 is 5.11 Å². The maximum absolute atomic E-state index is 8.99. The third-order valence-corrected chi connectivity index (χ3v) is 1.54. The molecule has 2 atom stereocenters. The molecule has 0 bridgehead atoms. The predicted molar refractivity (Wildman–Crippen MR) is 33.5 cm³/mol. The molecule has 0 spiro atoms. The van der Waals surface area contributed by atoms with Crippen molar-refractivity contribution in [3.8, 4) is 0 Å². The van der Waals surface area contributed by atoms with Crippen molar-refractivity contribution in [3.05, 3.63) is 12.2 Å². The van der Waals surface area contributed by atoms with E-state index in [1.165, 1.54) is 0 Å². The summed E-state index contributed by atoms with van der Waals surface area (Å²) >= 11 is 0. The molecule has 0 saturated heterocycles. The molecule has 1 aliphatic carbocycles. The summed E-state index contributed by atoms with van der Waals surface area (Å²) in [5.74, 6) is 0.676. The Labute approximate surface area is 50.0 Å². The van der Waals surface area contributed by atoms with E-state index in [4.69, 9.17) is 5.11 Å². The van der Waals surface area contributed by atoms with E-state index in [9.17, 15) is 0 Å². The summed E-state index contributed by atoms with van der Waals surface area (Å²) < 4.78 is 0. The lowest BCUT2D eigenvalue weighted by Gasteiger charge is -2.16. The van der Waals surface area contributed by atoms with Crippen molar-refractivity contribution in [2.45, 2.75) is 25.9 Å². The lowest BCUT2D eigenvalue weighted by atomic mass is 9.95. The first-order valence-corrected chi connectivity index (χ1v) is 3.14. The van der Waals surface area contributed by atoms with Gasteiger partial charge in [0.15, 0.2) is 0 Å². The van der Waals surface area contributed by atoms with E-state index >= 15 is 0 Å². The Morgan fingerprint density at radius 1 is 1.62 bits per heavy atom. The molecule has 1 rings (SSSR count). The molecule has 1 N–H and O–H groups in total. The van der Waals surface area contributed by atoms with Crippen molar-refractivity contribution in [3.63, 3.8) is 0 Å². The van der Waals surface area contributed by atoms with Crippen LogP contribution in [0.1, 0.15) is 19.8 Å². The van der Waals surface area contributed by atoms with Crippen molar-refractivity contribution >= 4 is 0 Å². The van der Waals surface area contributed by atoms with Crippen LogP contribution in [0, 0.1) is 5.92 Å². The number of aliphatic hydroxyl groups excluding tert-OH is 1. The van der Waals surface area contributed by atoms with E-state index < -0.39 is 0 Å². The third-order valence-electron chi connectivity index (χ3n) is 1.54. The van der Waals surface area contributed by atoms with Gasteiger partial charge in [-0.1, -0.05) is 19.1 Å². The van der Waals surface area contributed by atoms with E-state index in [0.717, 1.165) is 12.8 Å².